The topological polar surface area (TPSA) is 54.0 Å². The smallest absolute Gasteiger partial charge is 0.265 e. The van der Waals surface area contributed by atoms with E-state index < -0.39 is 0 Å². The van der Waals surface area contributed by atoms with Crippen molar-refractivity contribution in [2.24, 2.45) is 15.8 Å². The first-order valence-electron chi connectivity index (χ1n) is 10.9. The number of anilines is 3. The van der Waals surface area contributed by atoms with E-state index in [1.165, 1.54) is 0 Å². The fraction of sp³-hybridized carbons (Fsp3) is 0. The van der Waals surface area contributed by atoms with Crippen LogP contribution in [0.2, 0.25) is 0 Å². The van der Waals surface area contributed by atoms with E-state index in [-0.39, 0.29) is 4.59 Å². The molecule has 5 heteroatoms. The summed E-state index contributed by atoms with van der Waals surface area (Å²) in [7, 11) is 0. The quantitative estimate of drug-likeness (QED) is 0.408. The van der Waals surface area contributed by atoms with Crippen LogP contribution in [0.1, 0.15) is 5.56 Å². The molecular formula is C28H22N5+. The summed E-state index contributed by atoms with van der Waals surface area (Å²) in [5.41, 5.74) is 7.06. The largest absolute Gasteiger partial charge is 0.311 e. The zero-order valence-corrected chi connectivity index (χ0v) is 17.9. The molecule has 0 bridgehead atoms. The molecule has 1 unspecified atom stereocenters. The summed E-state index contributed by atoms with van der Waals surface area (Å²) in [6.07, 6.45) is 11.5. The molecule has 0 radical (unpaired) electrons. The van der Waals surface area contributed by atoms with Crippen molar-refractivity contribution in [2.75, 3.05) is 4.90 Å². The van der Waals surface area contributed by atoms with Crippen molar-refractivity contribution in [3.8, 4) is 0 Å². The maximum Gasteiger partial charge on any atom is 0.265 e. The Labute approximate surface area is 192 Å². The van der Waals surface area contributed by atoms with Gasteiger partial charge in [-0.15, -0.1) is 4.59 Å². The normalized spacial score (nSPS) is 20.3. The van der Waals surface area contributed by atoms with Gasteiger partial charge in [-0.2, -0.15) is 10.8 Å². The Balaban J connectivity index is 1.40. The minimum Gasteiger partial charge on any atom is -0.311 e. The van der Waals surface area contributed by atoms with Crippen molar-refractivity contribution in [1.29, 1.82) is 0 Å². The lowest BCUT2D eigenvalue weighted by Crippen LogP contribution is -2.53. The lowest BCUT2D eigenvalue weighted by molar-refractivity contribution is -0.750. The Morgan fingerprint density at radius 2 is 1.36 bits per heavy atom. The number of hydrogen-bond acceptors (Lipinski definition) is 4. The number of fused-ring (bicyclic) bond motifs is 1. The van der Waals surface area contributed by atoms with Gasteiger partial charge >= 0.3 is 0 Å². The molecule has 1 atom stereocenters. The summed E-state index contributed by atoms with van der Waals surface area (Å²) < 4.78 is 0.0183. The first-order valence-corrected chi connectivity index (χ1v) is 10.9. The monoisotopic (exact) mass is 428 g/mol. The highest BCUT2D eigenvalue weighted by Crippen LogP contribution is 2.38. The van der Waals surface area contributed by atoms with Gasteiger partial charge in [-0.05, 0) is 48.5 Å². The Hall–Kier alpha value is -4.32. The highest BCUT2D eigenvalue weighted by Gasteiger charge is 2.44. The standard InChI is InChI=1S/C28H22N5/c29-33-19-18-30-20-26(33)27(21-8-7-9-21)31-28(33)22-14-16-25(17-15-22)32(23-10-3-1-4-11-23)24-12-5-2-6-13-24/h1-20H,29H2/q+1. The van der Waals surface area contributed by atoms with Crippen LogP contribution < -0.4 is 10.7 Å². The van der Waals surface area contributed by atoms with Gasteiger partial charge < -0.3 is 4.90 Å². The molecule has 33 heavy (non-hydrogen) atoms. The van der Waals surface area contributed by atoms with E-state index in [4.69, 9.17) is 10.8 Å². The van der Waals surface area contributed by atoms with Crippen molar-refractivity contribution in [3.05, 3.63) is 138 Å². The number of nitrogens with two attached hydrogens (primary N) is 1. The highest BCUT2D eigenvalue weighted by molar-refractivity contribution is 6.01. The van der Waals surface area contributed by atoms with Crippen LogP contribution in [0, 0.1) is 0 Å². The van der Waals surface area contributed by atoms with Crippen molar-refractivity contribution in [2.45, 2.75) is 0 Å². The van der Waals surface area contributed by atoms with E-state index in [0.717, 1.165) is 45.4 Å². The van der Waals surface area contributed by atoms with Gasteiger partial charge in [-0.3, -0.25) is 4.99 Å². The van der Waals surface area contributed by atoms with E-state index in [1.54, 1.807) is 12.4 Å². The van der Waals surface area contributed by atoms with E-state index in [1.807, 2.05) is 36.6 Å². The molecule has 2 heterocycles. The van der Waals surface area contributed by atoms with Crippen molar-refractivity contribution in [3.63, 3.8) is 0 Å². The summed E-state index contributed by atoms with van der Waals surface area (Å²) in [5.74, 6) is 7.62. The number of allylic oxidation sites excluding steroid dienone is 4. The van der Waals surface area contributed by atoms with Gasteiger partial charge in [0.1, 0.15) is 11.9 Å². The maximum atomic E-state index is 6.84. The van der Waals surface area contributed by atoms with Crippen LogP contribution in [0.4, 0.5) is 17.1 Å². The third-order valence-electron chi connectivity index (χ3n) is 6.03. The van der Waals surface area contributed by atoms with Gasteiger partial charge in [0.25, 0.3) is 5.84 Å². The fourth-order valence-corrected chi connectivity index (χ4v) is 4.30. The van der Waals surface area contributed by atoms with Gasteiger partial charge in [0, 0.05) is 22.6 Å². The summed E-state index contributed by atoms with van der Waals surface area (Å²) in [5, 5.41) is 0. The van der Waals surface area contributed by atoms with Crippen molar-refractivity contribution in [1.82, 2.24) is 0 Å². The van der Waals surface area contributed by atoms with Crippen LogP contribution in [-0.4, -0.2) is 16.6 Å². The number of nitrogens with zero attached hydrogens (tertiary/aromatic N) is 4. The number of para-hydroxylation sites is 2. The molecule has 2 aliphatic heterocycles. The number of benzene rings is 3. The second-order valence-electron chi connectivity index (χ2n) is 8.06. The Morgan fingerprint density at radius 3 is 1.94 bits per heavy atom. The second kappa shape index (κ2) is 7.67. The minimum absolute atomic E-state index is 0.0183. The predicted octanol–water partition coefficient (Wildman–Crippen LogP) is 5.87. The van der Waals surface area contributed by atoms with Crippen LogP contribution in [0.5, 0.6) is 0 Å². The van der Waals surface area contributed by atoms with Crippen molar-refractivity contribution < 1.29 is 4.59 Å². The molecule has 3 aromatic rings. The lowest BCUT2D eigenvalue weighted by atomic mass is 10.0. The Bertz CT molecular complexity index is 1350. The molecule has 0 amide bonds. The molecule has 5 nitrogen and oxygen atoms in total. The molecule has 2 N–H and O–H groups in total. The van der Waals surface area contributed by atoms with Gasteiger partial charge in [0.05, 0.1) is 18.0 Å². The molecule has 0 spiro atoms. The fourth-order valence-electron chi connectivity index (χ4n) is 4.30. The molecule has 0 fully saturated rings. The third-order valence-corrected chi connectivity index (χ3v) is 6.03. The summed E-state index contributed by atoms with van der Waals surface area (Å²) >= 11 is 0. The van der Waals surface area contributed by atoms with E-state index in [0.29, 0.717) is 0 Å². The zero-order chi connectivity index (χ0) is 22.3. The summed E-state index contributed by atoms with van der Waals surface area (Å²) in [6, 6.07) is 29.1. The van der Waals surface area contributed by atoms with Crippen LogP contribution >= 0.6 is 0 Å². The summed E-state index contributed by atoms with van der Waals surface area (Å²) in [4.78, 5) is 11.5. The van der Waals surface area contributed by atoms with Gasteiger partial charge in [-0.25, -0.2) is 0 Å². The third kappa shape index (κ3) is 3.19. The number of hydrogen-bond donors (Lipinski definition) is 1. The van der Waals surface area contributed by atoms with Crippen LogP contribution in [0.25, 0.3) is 0 Å². The number of quaternary nitrogens is 1. The molecule has 1 aliphatic carbocycles. The van der Waals surface area contributed by atoms with E-state index >= 15 is 0 Å². The van der Waals surface area contributed by atoms with Crippen LogP contribution in [0.3, 0.4) is 0 Å². The Morgan fingerprint density at radius 1 is 0.758 bits per heavy atom. The number of aliphatic imine (C=N–C) groups is 2. The first-order chi connectivity index (χ1) is 16.2. The molecule has 3 aromatic carbocycles. The molecule has 0 aromatic heterocycles. The molecule has 0 saturated heterocycles. The second-order valence-corrected chi connectivity index (χ2v) is 8.06. The summed E-state index contributed by atoms with van der Waals surface area (Å²) in [6.45, 7) is 0. The molecule has 158 valence electrons. The van der Waals surface area contributed by atoms with Crippen LogP contribution in [0.15, 0.2) is 143 Å². The average molecular weight is 429 g/mol. The first kappa shape index (κ1) is 19.4. The molecule has 6 rings (SSSR count). The SMILES string of the molecule is N[N+]12C=CN=CC1=C(C1=CC=C1)N=C2c1ccc(N(c2ccccc2)c2ccccc2)cc1. The average Bonchev–Trinajstić information content (AvgIpc) is 3.13. The van der Waals surface area contributed by atoms with Gasteiger partial charge in [0.15, 0.2) is 0 Å². The van der Waals surface area contributed by atoms with E-state index in [2.05, 4.69) is 82.7 Å². The number of rotatable bonds is 5. The molecule has 0 saturated carbocycles. The van der Waals surface area contributed by atoms with Gasteiger partial charge in [-0.1, -0.05) is 54.6 Å². The zero-order valence-electron chi connectivity index (χ0n) is 17.9. The lowest BCUT2D eigenvalue weighted by Gasteiger charge is -2.27. The highest BCUT2D eigenvalue weighted by atomic mass is 15.6. The van der Waals surface area contributed by atoms with Crippen LogP contribution in [-0.2, 0) is 0 Å². The van der Waals surface area contributed by atoms with E-state index in [9.17, 15) is 0 Å². The Kier molecular flexibility index (Phi) is 4.50. The molecule has 3 aliphatic rings. The number of amidine groups is 1. The minimum atomic E-state index is 0.0183. The predicted molar refractivity (Wildman–Crippen MR) is 134 cm³/mol. The van der Waals surface area contributed by atoms with Gasteiger partial charge in [0.2, 0.25) is 5.70 Å². The molecular weight excluding hydrogens is 406 g/mol. The van der Waals surface area contributed by atoms with Crippen molar-refractivity contribution >= 4 is 29.1 Å². The maximum absolute atomic E-state index is 6.84.